The van der Waals surface area contributed by atoms with Crippen molar-refractivity contribution < 1.29 is 5.11 Å². The molecule has 1 radical (unpaired) electrons. The fraction of sp³-hybridized carbons (Fsp3) is 0.333. The molecule has 1 atom stereocenters. The van der Waals surface area contributed by atoms with Crippen LogP contribution in [-0.4, -0.2) is 10.7 Å². The van der Waals surface area contributed by atoms with Gasteiger partial charge in [0, 0.05) is 0 Å². The third-order valence-electron chi connectivity index (χ3n) is 2.12. The first kappa shape index (κ1) is 10.0. The first-order valence-corrected chi connectivity index (χ1v) is 4.46. The summed E-state index contributed by atoms with van der Waals surface area (Å²) in [5, 5.41) is 9.60. The number of benzene rings is 1. The molecule has 0 saturated carbocycles. The maximum absolute atomic E-state index is 9.60. The summed E-state index contributed by atoms with van der Waals surface area (Å²) in [7, 11) is 0. The average molecular weight is 175 g/mol. The third kappa shape index (κ3) is 3.43. The zero-order valence-corrected chi connectivity index (χ0v) is 7.90. The summed E-state index contributed by atoms with van der Waals surface area (Å²) in [4.78, 5) is 0. The molecule has 1 aromatic rings. The Balaban J connectivity index is 2.48. The van der Waals surface area contributed by atoms with Gasteiger partial charge < -0.3 is 5.11 Å². The van der Waals surface area contributed by atoms with Gasteiger partial charge in [0.25, 0.3) is 0 Å². The fourth-order valence-electron chi connectivity index (χ4n) is 1.13. The first-order valence-electron chi connectivity index (χ1n) is 4.46. The minimum atomic E-state index is -0.851. The number of hydrogen-bond acceptors (Lipinski definition) is 1. The molecule has 0 aliphatic carbocycles. The quantitative estimate of drug-likeness (QED) is 0.744. The molecule has 0 heterocycles. The van der Waals surface area contributed by atoms with Crippen LogP contribution in [0, 0.1) is 6.58 Å². The van der Waals surface area contributed by atoms with Crippen LogP contribution in [-0.2, 0) is 6.42 Å². The topological polar surface area (TPSA) is 20.2 Å². The van der Waals surface area contributed by atoms with Gasteiger partial charge >= 0.3 is 0 Å². The molecule has 0 aliphatic rings. The molecule has 0 bridgehead atoms. The standard InChI is InChI=1S/C12H15O/c1-3-12(2,13)10-9-11-7-5-4-6-8-11/h1,3-8,13H,9-10H2,2H3. The number of hydrogen-bond donors (Lipinski definition) is 1. The molecular weight excluding hydrogens is 160 g/mol. The maximum Gasteiger partial charge on any atom is 0.0805 e. The van der Waals surface area contributed by atoms with E-state index in [0.717, 1.165) is 6.42 Å². The first-order chi connectivity index (χ1) is 6.14. The lowest BCUT2D eigenvalue weighted by molar-refractivity contribution is 0.102. The molecule has 0 aromatic heterocycles. The smallest absolute Gasteiger partial charge is 0.0805 e. The normalized spacial score (nSPS) is 14.9. The van der Waals surface area contributed by atoms with Crippen LogP contribution in [0.1, 0.15) is 18.9 Å². The molecule has 13 heavy (non-hydrogen) atoms. The summed E-state index contributed by atoms with van der Waals surface area (Å²) in [6, 6.07) is 10.1. The summed E-state index contributed by atoms with van der Waals surface area (Å²) >= 11 is 0. The molecule has 1 N–H and O–H groups in total. The van der Waals surface area contributed by atoms with E-state index >= 15 is 0 Å². The zero-order chi connectivity index (χ0) is 9.73. The van der Waals surface area contributed by atoms with Gasteiger partial charge in [0.15, 0.2) is 0 Å². The molecule has 1 rings (SSSR count). The highest BCUT2D eigenvalue weighted by atomic mass is 16.3. The summed E-state index contributed by atoms with van der Waals surface area (Å²) in [5.74, 6) is 0. The molecule has 69 valence electrons. The van der Waals surface area contributed by atoms with Gasteiger partial charge in [-0.25, -0.2) is 0 Å². The predicted molar refractivity (Wildman–Crippen MR) is 54.3 cm³/mol. The largest absolute Gasteiger partial charge is 0.386 e. The third-order valence-corrected chi connectivity index (χ3v) is 2.12. The second kappa shape index (κ2) is 4.24. The van der Waals surface area contributed by atoms with Crippen LogP contribution in [0.25, 0.3) is 0 Å². The van der Waals surface area contributed by atoms with E-state index < -0.39 is 5.60 Å². The van der Waals surface area contributed by atoms with E-state index in [2.05, 4.69) is 0 Å². The Morgan fingerprint density at radius 3 is 2.54 bits per heavy atom. The molecule has 1 aromatic carbocycles. The predicted octanol–water partition coefficient (Wildman–Crippen LogP) is 2.36. The van der Waals surface area contributed by atoms with Crippen LogP contribution in [0.2, 0.25) is 0 Å². The zero-order valence-electron chi connectivity index (χ0n) is 7.90. The molecule has 1 unspecified atom stereocenters. The van der Waals surface area contributed by atoms with E-state index in [4.69, 9.17) is 6.58 Å². The van der Waals surface area contributed by atoms with Gasteiger partial charge in [-0.05, 0) is 25.3 Å². The highest BCUT2D eigenvalue weighted by Gasteiger charge is 2.14. The van der Waals surface area contributed by atoms with Gasteiger partial charge in [-0.15, -0.1) is 0 Å². The Bertz CT molecular complexity index is 262. The second-order valence-electron chi connectivity index (χ2n) is 3.51. The highest BCUT2D eigenvalue weighted by Crippen LogP contribution is 2.14. The van der Waals surface area contributed by atoms with Gasteiger partial charge in [-0.1, -0.05) is 43.0 Å². The van der Waals surface area contributed by atoms with Gasteiger partial charge in [-0.3, -0.25) is 0 Å². The summed E-state index contributed by atoms with van der Waals surface area (Å²) in [6.45, 7) is 7.01. The monoisotopic (exact) mass is 175 g/mol. The molecule has 0 saturated heterocycles. The minimum absolute atomic E-state index is 0.660. The van der Waals surface area contributed by atoms with Gasteiger partial charge in [0.2, 0.25) is 0 Å². The van der Waals surface area contributed by atoms with Crippen LogP contribution in [0.4, 0.5) is 0 Å². The van der Waals surface area contributed by atoms with Crippen molar-refractivity contribution in [1.29, 1.82) is 0 Å². The van der Waals surface area contributed by atoms with Crippen molar-refractivity contribution in [3.8, 4) is 0 Å². The Morgan fingerprint density at radius 2 is 2.00 bits per heavy atom. The van der Waals surface area contributed by atoms with Crippen molar-refractivity contribution in [2.24, 2.45) is 0 Å². The van der Waals surface area contributed by atoms with E-state index in [1.165, 1.54) is 11.6 Å². The number of rotatable bonds is 4. The number of aliphatic hydroxyl groups is 1. The maximum atomic E-state index is 9.60. The van der Waals surface area contributed by atoms with Crippen molar-refractivity contribution in [2.75, 3.05) is 0 Å². The molecule has 0 amide bonds. The second-order valence-corrected chi connectivity index (χ2v) is 3.51. The number of aryl methyl sites for hydroxylation is 1. The molecule has 0 aliphatic heterocycles. The molecule has 0 fully saturated rings. The molecule has 0 spiro atoms. The Kier molecular flexibility index (Phi) is 3.26. The minimum Gasteiger partial charge on any atom is -0.386 e. The van der Waals surface area contributed by atoms with Gasteiger partial charge in [0.1, 0.15) is 0 Å². The lowest BCUT2D eigenvalue weighted by Crippen LogP contribution is -2.20. The van der Waals surface area contributed by atoms with Crippen molar-refractivity contribution in [3.05, 3.63) is 48.6 Å². The van der Waals surface area contributed by atoms with Gasteiger partial charge in [0.05, 0.1) is 5.60 Å². The summed E-state index contributed by atoms with van der Waals surface area (Å²) in [5.41, 5.74) is 0.375. The van der Waals surface area contributed by atoms with Gasteiger partial charge in [-0.2, -0.15) is 0 Å². The summed E-state index contributed by atoms with van der Waals surface area (Å²) in [6.07, 6.45) is 2.85. The van der Waals surface area contributed by atoms with Crippen LogP contribution in [0.15, 0.2) is 36.4 Å². The molecule has 1 nitrogen and oxygen atoms in total. The molecule has 1 heteroatoms. The SMILES string of the molecule is [CH]=CC(C)(O)CCc1ccccc1. The fourth-order valence-corrected chi connectivity index (χ4v) is 1.13. The average Bonchev–Trinajstić information content (AvgIpc) is 2.17. The van der Waals surface area contributed by atoms with Crippen LogP contribution >= 0.6 is 0 Å². The Hall–Kier alpha value is -1.08. The van der Waals surface area contributed by atoms with E-state index in [1.54, 1.807) is 6.92 Å². The van der Waals surface area contributed by atoms with Crippen molar-refractivity contribution >= 4 is 0 Å². The molecular formula is C12H15O. The van der Waals surface area contributed by atoms with E-state index in [1.807, 2.05) is 30.3 Å². The van der Waals surface area contributed by atoms with Crippen LogP contribution < -0.4 is 0 Å². The lowest BCUT2D eigenvalue weighted by atomic mass is 9.97. The van der Waals surface area contributed by atoms with Crippen molar-refractivity contribution in [2.45, 2.75) is 25.4 Å². The summed E-state index contributed by atoms with van der Waals surface area (Å²) < 4.78 is 0. The Labute approximate surface area is 79.7 Å². The van der Waals surface area contributed by atoms with Crippen LogP contribution in [0.3, 0.4) is 0 Å². The Morgan fingerprint density at radius 1 is 1.38 bits per heavy atom. The van der Waals surface area contributed by atoms with E-state index in [9.17, 15) is 5.11 Å². The van der Waals surface area contributed by atoms with Crippen molar-refractivity contribution in [1.82, 2.24) is 0 Å². The van der Waals surface area contributed by atoms with E-state index in [0.29, 0.717) is 6.42 Å². The highest BCUT2D eigenvalue weighted by molar-refractivity contribution is 5.15. The van der Waals surface area contributed by atoms with Crippen molar-refractivity contribution in [3.63, 3.8) is 0 Å². The lowest BCUT2D eigenvalue weighted by Gasteiger charge is -2.17. The van der Waals surface area contributed by atoms with E-state index in [-0.39, 0.29) is 0 Å². The van der Waals surface area contributed by atoms with Crippen LogP contribution in [0.5, 0.6) is 0 Å².